The van der Waals surface area contributed by atoms with E-state index in [0.717, 1.165) is 40.2 Å². The summed E-state index contributed by atoms with van der Waals surface area (Å²) in [5.74, 6) is -0.482. The number of nitrogens with zero attached hydrogens (tertiary/aromatic N) is 5. The Kier molecular flexibility index (Phi) is 11.3. The molecule has 53 heavy (non-hydrogen) atoms. The highest BCUT2D eigenvalue weighted by molar-refractivity contribution is 7.13. The molecule has 2 saturated heterocycles. The normalized spacial score (nSPS) is 18.5. The van der Waals surface area contributed by atoms with E-state index in [1.807, 2.05) is 69.6 Å². The van der Waals surface area contributed by atoms with Crippen LogP contribution in [0.1, 0.15) is 57.7 Å². The van der Waals surface area contributed by atoms with Crippen LogP contribution in [0.5, 0.6) is 5.75 Å². The summed E-state index contributed by atoms with van der Waals surface area (Å²) in [4.78, 5) is 50.0. The minimum Gasteiger partial charge on any atom is -0.507 e. The molecule has 6 N–H and O–H groups in total. The number of β-amino-alcohol motifs (C(OH)–C–C–N with tert-alkyl or cyclic N) is 1. The summed E-state index contributed by atoms with van der Waals surface area (Å²) in [7, 11) is 0. The number of piperidine rings is 1. The maximum atomic E-state index is 14.1. The molecule has 2 unspecified atom stereocenters. The van der Waals surface area contributed by atoms with E-state index < -0.39 is 23.6 Å². The van der Waals surface area contributed by atoms with Crippen LogP contribution in [-0.2, 0) is 20.9 Å². The number of carbonyl (C=O) groups excluding carboxylic acids is 3. The van der Waals surface area contributed by atoms with Crippen LogP contribution in [0.25, 0.3) is 21.7 Å². The molecule has 3 amide bonds. The number of aryl methyl sites for hydroxylation is 1. The second kappa shape index (κ2) is 15.9. The minimum atomic E-state index is -0.894. The number of aliphatic hydroxyl groups excluding tert-OH is 1. The minimum absolute atomic E-state index is 0.0132. The quantitative estimate of drug-likeness (QED) is 0.157. The number of rotatable bonds is 10. The fourth-order valence-corrected chi connectivity index (χ4v) is 7.92. The number of hydrogen-bond acceptors (Lipinski definition) is 11. The van der Waals surface area contributed by atoms with Gasteiger partial charge in [-0.1, -0.05) is 57.2 Å². The molecule has 4 aromatic rings. The van der Waals surface area contributed by atoms with E-state index in [0.29, 0.717) is 30.2 Å². The van der Waals surface area contributed by atoms with Gasteiger partial charge < -0.3 is 36.4 Å². The van der Waals surface area contributed by atoms with Gasteiger partial charge in [0.15, 0.2) is 5.82 Å². The number of likely N-dealkylation sites (tertiary alicyclic amines) is 1. The van der Waals surface area contributed by atoms with Crippen LogP contribution < -0.4 is 21.3 Å². The summed E-state index contributed by atoms with van der Waals surface area (Å²) in [6.07, 6.45) is 0.967. The largest absolute Gasteiger partial charge is 0.507 e. The van der Waals surface area contributed by atoms with Crippen LogP contribution in [-0.4, -0.2) is 85.8 Å². The molecule has 13 nitrogen and oxygen atoms in total. The molecule has 0 saturated carbocycles. The number of aromatic hydroxyl groups is 1. The van der Waals surface area contributed by atoms with Gasteiger partial charge in [0, 0.05) is 44.6 Å². The Morgan fingerprint density at radius 2 is 1.77 bits per heavy atom. The molecule has 14 heteroatoms. The van der Waals surface area contributed by atoms with E-state index in [2.05, 4.69) is 30.7 Å². The lowest BCUT2D eigenvalue weighted by Crippen LogP contribution is -2.58. The first kappa shape index (κ1) is 37.7. The van der Waals surface area contributed by atoms with Gasteiger partial charge in [0.25, 0.3) is 0 Å². The molecule has 2 aliphatic heterocycles. The fraction of sp³-hybridized carbons (Fsp3) is 0.436. The van der Waals surface area contributed by atoms with Gasteiger partial charge in [0.2, 0.25) is 17.7 Å². The number of benzene rings is 2. The second-order valence-corrected chi connectivity index (χ2v) is 16.0. The second-order valence-electron chi connectivity index (χ2n) is 15.1. The van der Waals surface area contributed by atoms with E-state index in [4.69, 9.17) is 5.73 Å². The molecule has 3 atom stereocenters. The van der Waals surface area contributed by atoms with Gasteiger partial charge in [-0.3, -0.25) is 14.4 Å². The Labute approximate surface area is 313 Å². The molecular formula is C39H48N8O5S. The topological polar surface area (TPSA) is 187 Å². The van der Waals surface area contributed by atoms with Crippen molar-refractivity contribution in [3.63, 3.8) is 0 Å². The molecule has 4 heterocycles. The number of nitrogens with two attached hydrogens (primary N) is 1. The predicted molar refractivity (Wildman–Crippen MR) is 205 cm³/mol. The zero-order valence-corrected chi connectivity index (χ0v) is 31.4. The van der Waals surface area contributed by atoms with Crippen molar-refractivity contribution in [3.8, 4) is 27.4 Å². The van der Waals surface area contributed by atoms with Crippen LogP contribution >= 0.6 is 11.3 Å². The molecule has 2 aliphatic rings. The third-order valence-electron chi connectivity index (χ3n) is 10.1. The Morgan fingerprint density at radius 1 is 1.06 bits per heavy atom. The zero-order valence-electron chi connectivity index (χ0n) is 30.6. The molecule has 0 radical (unpaired) electrons. The smallest absolute Gasteiger partial charge is 0.246 e. The lowest BCUT2D eigenvalue weighted by Gasteiger charge is -2.36. The predicted octanol–water partition coefficient (Wildman–Crippen LogP) is 4.28. The van der Waals surface area contributed by atoms with E-state index in [9.17, 15) is 24.6 Å². The number of nitrogen functional groups attached to an aromatic ring is 1. The number of thiazole rings is 1. The molecule has 6 rings (SSSR count). The first-order valence-corrected chi connectivity index (χ1v) is 18.9. The first-order valence-electron chi connectivity index (χ1n) is 18.0. The molecule has 0 aliphatic carbocycles. The van der Waals surface area contributed by atoms with Gasteiger partial charge in [-0.2, -0.15) is 0 Å². The average molecular weight is 741 g/mol. The van der Waals surface area contributed by atoms with Gasteiger partial charge >= 0.3 is 0 Å². The number of anilines is 2. The summed E-state index contributed by atoms with van der Waals surface area (Å²) >= 11 is 1.58. The molecule has 2 fully saturated rings. The van der Waals surface area contributed by atoms with E-state index in [-0.39, 0.29) is 55.3 Å². The van der Waals surface area contributed by atoms with Crippen LogP contribution in [0.4, 0.5) is 11.5 Å². The highest BCUT2D eigenvalue weighted by Gasteiger charge is 2.44. The van der Waals surface area contributed by atoms with Crippen LogP contribution in [0.2, 0.25) is 0 Å². The summed E-state index contributed by atoms with van der Waals surface area (Å²) in [5, 5.41) is 35.1. The highest BCUT2D eigenvalue weighted by Crippen LogP contribution is 2.34. The van der Waals surface area contributed by atoms with Crippen molar-refractivity contribution in [2.75, 3.05) is 30.3 Å². The molecule has 0 spiro atoms. The summed E-state index contributed by atoms with van der Waals surface area (Å²) in [6.45, 7) is 9.19. The van der Waals surface area contributed by atoms with Gasteiger partial charge in [0.1, 0.15) is 17.8 Å². The number of para-hydroxylation sites is 1. The van der Waals surface area contributed by atoms with Crippen molar-refractivity contribution in [1.29, 1.82) is 0 Å². The number of phenolic OH excluding ortho intramolecular Hbond substituents is 1. The Morgan fingerprint density at radius 3 is 2.43 bits per heavy atom. The summed E-state index contributed by atoms with van der Waals surface area (Å²) in [6, 6.07) is 14.9. The van der Waals surface area contributed by atoms with Crippen LogP contribution in [0.3, 0.4) is 0 Å². The molecule has 0 bridgehead atoms. The van der Waals surface area contributed by atoms with Crippen LogP contribution in [0.15, 0.2) is 60.1 Å². The van der Waals surface area contributed by atoms with Crippen molar-refractivity contribution < 1.29 is 24.6 Å². The van der Waals surface area contributed by atoms with Crippen molar-refractivity contribution >= 4 is 40.6 Å². The van der Waals surface area contributed by atoms with Gasteiger partial charge in [-0.15, -0.1) is 21.5 Å². The summed E-state index contributed by atoms with van der Waals surface area (Å²) in [5.41, 5.74) is 12.1. The van der Waals surface area contributed by atoms with E-state index >= 15 is 0 Å². The lowest BCUT2D eigenvalue weighted by atomic mass is 9.85. The number of hydrogen-bond donors (Lipinski definition) is 5. The highest BCUT2D eigenvalue weighted by atomic mass is 32.1. The Bertz CT molecular complexity index is 1940. The molecule has 2 aromatic heterocycles. The SMILES string of the molecule is Cc1ncsc1-c1ccc(CNC(=O)C2CC(O)CN2C(=O)[C@@H](NC(=O)CC2CCN(c3cc(-c4ccccc4O)nnc3N)CC2)C(C)(C)C)cc1. The van der Waals surface area contributed by atoms with Gasteiger partial charge in [-0.25, -0.2) is 4.98 Å². The summed E-state index contributed by atoms with van der Waals surface area (Å²) < 4.78 is 0. The maximum absolute atomic E-state index is 14.1. The van der Waals surface area contributed by atoms with Gasteiger partial charge in [0.05, 0.1) is 33.6 Å². The third-order valence-corrected chi connectivity index (χ3v) is 11.1. The molecule has 2 aromatic carbocycles. The Hall–Kier alpha value is -5.08. The van der Waals surface area contributed by atoms with Crippen molar-refractivity contribution in [1.82, 2.24) is 30.7 Å². The maximum Gasteiger partial charge on any atom is 0.246 e. The number of aromatic nitrogens is 3. The number of aliphatic hydroxyl groups is 1. The zero-order chi connectivity index (χ0) is 37.9. The number of nitrogens with one attached hydrogen (secondary N) is 2. The van der Waals surface area contributed by atoms with Gasteiger partial charge in [-0.05, 0) is 60.4 Å². The number of phenols is 1. The Balaban J connectivity index is 1.04. The lowest BCUT2D eigenvalue weighted by molar-refractivity contribution is -0.144. The van der Waals surface area contributed by atoms with Crippen molar-refractivity contribution in [2.24, 2.45) is 11.3 Å². The number of amides is 3. The van der Waals surface area contributed by atoms with Crippen molar-refractivity contribution in [3.05, 3.63) is 71.4 Å². The third kappa shape index (κ3) is 8.77. The molecule has 280 valence electrons. The number of carbonyl (C=O) groups is 3. The first-order chi connectivity index (χ1) is 25.3. The molecular weight excluding hydrogens is 693 g/mol. The standard InChI is InChI=1S/C39H48N8O5S/c1-23-34(53-22-42-23)26-11-9-25(10-12-26)20-41-37(51)31-18-27(48)21-47(31)38(52)35(39(2,3)4)43-33(50)17-24-13-15-46(16-14-24)30-19-29(44-45-36(30)40)28-7-5-6-8-32(28)49/h5-12,19,22,24,27,31,35,48-49H,13-18,20-21H2,1-4H3,(H2,40,45)(H,41,51)(H,43,50)/t27?,31?,35-/m1/s1. The van der Waals surface area contributed by atoms with E-state index in [1.54, 1.807) is 29.5 Å². The van der Waals surface area contributed by atoms with E-state index in [1.165, 1.54) is 4.90 Å². The van der Waals surface area contributed by atoms with Crippen LogP contribution in [0, 0.1) is 18.3 Å². The monoisotopic (exact) mass is 740 g/mol. The van der Waals surface area contributed by atoms with Crippen molar-refractivity contribution in [2.45, 2.75) is 78.1 Å². The fourth-order valence-electron chi connectivity index (χ4n) is 7.11. The average Bonchev–Trinajstić information content (AvgIpc) is 3.75.